The predicted molar refractivity (Wildman–Crippen MR) is 139 cm³/mol. The van der Waals surface area contributed by atoms with Crippen LogP contribution in [0.1, 0.15) is 15.9 Å². The van der Waals surface area contributed by atoms with Gasteiger partial charge in [-0.3, -0.25) is 4.79 Å². The van der Waals surface area contributed by atoms with E-state index in [-0.39, 0.29) is 5.91 Å². The number of piperazine rings is 1. The molecule has 35 heavy (non-hydrogen) atoms. The molecule has 8 heteroatoms. The fourth-order valence-corrected chi connectivity index (χ4v) is 3.98. The molecule has 4 aromatic rings. The number of hydrogen-bond donors (Lipinski definition) is 2. The summed E-state index contributed by atoms with van der Waals surface area (Å²) in [6, 6.07) is 18.8. The Kier molecular flexibility index (Phi) is 6.24. The molecule has 1 saturated heterocycles. The number of amides is 1. The minimum atomic E-state index is -0.270. The lowest BCUT2D eigenvalue weighted by atomic mass is 10.2. The van der Waals surface area contributed by atoms with Crippen molar-refractivity contribution in [3.8, 4) is 12.3 Å². The molecule has 0 aliphatic carbocycles. The monoisotopic (exact) mass is 463 g/mol. The molecular formula is C27H25N7O. The lowest BCUT2D eigenvalue weighted by Gasteiger charge is -2.34. The highest BCUT2D eigenvalue weighted by Crippen LogP contribution is 2.23. The van der Waals surface area contributed by atoms with E-state index >= 15 is 0 Å². The lowest BCUT2D eigenvalue weighted by Crippen LogP contribution is -2.44. The van der Waals surface area contributed by atoms with Crippen LogP contribution in [0.4, 0.5) is 23.1 Å². The van der Waals surface area contributed by atoms with E-state index in [2.05, 4.69) is 60.5 Å². The summed E-state index contributed by atoms with van der Waals surface area (Å²) >= 11 is 0. The normalized spacial score (nSPS) is 13.9. The standard InChI is InChI=1S/C27H25N7O/c1-3-19-17-24(31-26(35)20-7-5-4-6-8-20)30-25-23(19)18-28-27(32-25)29-21-9-11-22(12-10-21)34-15-13-33(2)14-16-34/h1,4-12,17-18H,13-16H2,2H3,(H2,28,29,30,31,32,35). The smallest absolute Gasteiger partial charge is 0.256 e. The van der Waals surface area contributed by atoms with Crippen LogP contribution in [0, 0.1) is 12.3 Å². The molecule has 1 aliphatic heterocycles. The number of carbonyl (C=O) groups excluding carboxylic acids is 1. The number of aromatic nitrogens is 3. The van der Waals surface area contributed by atoms with E-state index in [4.69, 9.17) is 6.42 Å². The van der Waals surface area contributed by atoms with Crippen LogP contribution < -0.4 is 15.5 Å². The summed E-state index contributed by atoms with van der Waals surface area (Å²) < 4.78 is 0. The zero-order valence-electron chi connectivity index (χ0n) is 19.4. The van der Waals surface area contributed by atoms with Gasteiger partial charge in [-0.15, -0.1) is 6.42 Å². The number of likely N-dealkylation sites (N-methyl/N-ethyl adjacent to an activating group) is 1. The van der Waals surface area contributed by atoms with Gasteiger partial charge in [-0.05, 0) is 49.5 Å². The molecule has 0 saturated carbocycles. The zero-order valence-corrected chi connectivity index (χ0v) is 19.4. The maximum absolute atomic E-state index is 12.6. The summed E-state index contributed by atoms with van der Waals surface area (Å²) in [6.45, 7) is 4.16. The van der Waals surface area contributed by atoms with Crippen molar-refractivity contribution in [2.75, 3.05) is 48.8 Å². The molecule has 0 bridgehead atoms. The number of fused-ring (bicyclic) bond motifs is 1. The molecule has 2 aromatic heterocycles. The molecule has 1 amide bonds. The van der Waals surface area contributed by atoms with Crippen molar-refractivity contribution < 1.29 is 4.79 Å². The van der Waals surface area contributed by atoms with Crippen molar-refractivity contribution >= 4 is 40.1 Å². The highest BCUT2D eigenvalue weighted by atomic mass is 16.1. The highest BCUT2D eigenvalue weighted by Gasteiger charge is 2.15. The molecule has 0 unspecified atom stereocenters. The SMILES string of the molecule is C#Cc1cc(NC(=O)c2ccccc2)nc2nc(Nc3ccc(N4CCN(C)CC4)cc3)ncc12. The van der Waals surface area contributed by atoms with Crippen LogP contribution >= 0.6 is 0 Å². The van der Waals surface area contributed by atoms with Gasteiger partial charge >= 0.3 is 0 Å². The maximum atomic E-state index is 12.6. The van der Waals surface area contributed by atoms with Crippen molar-refractivity contribution in [3.63, 3.8) is 0 Å². The second-order valence-corrected chi connectivity index (χ2v) is 8.41. The number of rotatable bonds is 5. The molecule has 0 spiro atoms. The number of carbonyl (C=O) groups is 1. The molecular weight excluding hydrogens is 438 g/mol. The second-order valence-electron chi connectivity index (χ2n) is 8.41. The van der Waals surface area contributed by atoms with Crippen LogP contribution in [0.15, 0.2) is 66.9 Å². The quantitative estimate of drug-likeness (QED) is 0.436. The molecule has 0 atom stereocenters. The Bertz CT molecular complexity index is 1390. The number of hydrogen-bond acceptors (Lipinski definition) is 7. The van der Waals surface area contributed by atoms with Crippen molar-refractivity contribution in [2.24, 2.45) is 0 Å². The van der Waals surface area contributed by atoms with Gasteiger partial charge in [0, 0.05) is 54.9 Å². The summed E-state index contributed by atoms with van der Waals surface area (Å²) in [6.07, 6.45) is 7.35. The minimum absolute atomic E-state index is 0.270. The van der Waals surface area contributed by atoms with Gasteiger partial charge < -0.3 is 20.4 Å². The first-order chi connectivity index (χ1) is 17.1. The molecule has 3 heterocycles. The average Bonchev–Trinajstić information content (AvgIpc) is 2.89. The van der Waals surface area contributed by atoms with E-state index < -0.39 is 0 Å². The van der Waals surface area contributed by atoms with Gasteiger partial charge in [0.2, 0.25) is 5.95 Å². The largest absolute Gasteiger partial charge is 0.369 e. The number of pyridine rings is 1. The van der Waals surface area contributed by atoms with Crippen molar-refractivity contribution in [2.45, 2.75) is 0 Å². The van der Waals surface area contributed by atoms with Crippen molar-refractivity contribution in [1.29, 1.82) is 0 Å². The zero-order chi connectivity index (χ0) is 24.2. The Hall–Kier alpha value is -4.48. The molecule has 8 nitrogen and oxygen atoms in total. The Morgan fingerprint density at radius 1 is 1.00 bits per heavy atom. The molecule has 1 fully saturated rings. The lowest BCUT2D eigenvalue weighted by molar-refractivity contribution is 0.102. The third-order valence-corrected chi connectivity index (χ3v) is 5.99. The number of nitrogens with one attached hydrogen (secondary N) is 2. The first kappa shape index (κ1) is 22.3. The van der Waals surface area contributed by atoms with E-state index in [1.165, 1.54) is 5.69 Å². The Balaban J connectivity index is 1.35. The van der Waals surface area contributed by atoms with Crippen molar-refractivity contribution in [3.05, 3.63) is 78.0 Å². The Morgan fingerprint density at radius 3 is 2.46 bits per heavy atom. The molecule has 5 rings (SSSR count). The van der Waals surface area contributed by atoms with Gasteiger partial charge in [-0.1, -0.05) is 24.1 Å². The Labute approximate surface area is 204 Å². The van der Waals surface area contributed by atoms with Crippen LogP contribution in [0.25, 0.3) is 11.0 Å². The molecule has 2 N–H and O–H groups in total. The van der Waals surface area contributed by atoms with Gasteiger partial charge in [0.25, 0.3) is 5.91 Å². The van der Waals surface area contributed by atoms with E-state index in [9.17, 15) is 4.79 Å². The molecule has 0 radical (unpaired) electrons. The van der Waals surface area contributed by atoms with E-state index in [0.717, 1.165) is 31.9 Å². The number of anilines is 4. The third kappa shape index (κ3) is 5.05. The molecule has 174 valence electrons. The summed E-state index contributed by atoms with van der Waals surface area (Å²) in [5.41, 5.74) is 3.55. The fourth-order valence-electron chi connectivity index (χ4n) is 3.98. The van der Waals surface area contributed by atoms with Crippen LogP contribution in [-0.4, -0.2) is 59.0 Å². The van der Waals surface area contributed by atoms with E-state index in [1.54, 1.807) is 36.5 Å². The second kappa shape index (κ2) is 9.79. The minimum Gasteiger partial charge on any atom is -0.369 e. The maximum Gasteiger partial charge on any atom is 0.256 e. The highest BCUT2D eigenvalue weighted by molar-refractivity contribution is 6.04. The first-order valence-corrected chi connectivity index (χ1v) is 11.4. The van der Waals surface area contributed by atoms with Crippen LogP contribution in [0.3, 0.4) is 0 Å². The predicted octanol–water partition coefficient (Wildman–Crippen LogP) is 3.75. The van der Waals surface area contributed by atoms with Gasteiger partial charge in [-0.2, -0.15) is 4.98 Å². The van der Waals surface area contributed by atoms with Crippen LogP contribution in [0.5, 0.6) is 0 Å². The first-order valence-electron chi connectivity index (χ1n) is 11.4. The fraction of sp³-hybridized carbons (Fsp3) is 0.185. The molecule has 1 aliphatic rings. The Morgan fingerprint density at radius 2 is 1.74 bits per heavy atom. The summed E-state index contributed by atoms with van der Waals surface area (Å²) in [5, 5.41) is 6.67. The topological polar surface area (TPSA) is 86.3 Å². The van der Waals surface area contributed by atoms with Crippen LogP contribution in [-0.2, 0) is 0 Å². The van der Waals surface area contributed by atoms with Crippen molar-refractivity contribution in [1.82, 2.24) is 19.9 Å². The van der Waals surface area contributed by atoms with Gasteiger partial charge in [-0.25, -0.2) is 9.97 Å². The van der Waals surface area contributed by atoms with Gasteiger partial charge in [0.1, 0.15) is 5.82 Å². The third-order valence-electron chi connectivity index (χ3n) is 5.99. The van der Waals surface area contributed by atoms with Crippen LogP contribution in [0.2, 0.25) is 0 Å². The summed E-state index contributed by atoms with van der Waals surface area (Å²) in [4.78, 5) is 30.7. The summed E-state index contributed by atoms with van der Waals surface area (Å²) in [5.74, 6) is 3.09. The summed E-state index contributed by atoms with van der Waals surface area (Å²) in [7, 11) is 2.15. The van der Waals surface area contributed by atoms with Gasteiger partial charge in [0.15, 0.2) is 5.65 Å². The number of nitrogens with zero attached hydrogens (tertiary/aromatic N) is 5. The number of terminal acetylenes is 1. The molecule has 2 aromatic carbocycles. The van der Waals surface area contributed by atoms with Gasteiger partial charge in [0.05, 0.1) is 5.39 Å². The van der Waals surface area contributed by atoms with E-state index in [1.807, 2.05) is 18.2 Å². The number of benzene rings is 2. The van der Waals surface area contributed by atoms with E-state index in [0.29, 0.717) is 33.9 Å². The average molecular weight is 464 g/mol.